The van der Waals surface area contributed by atoms with E-state index in [0.717, 1.165) is 0 Å². The number of furan rings is 1. The van der Waals surface area contributed by atoms with Crippen LogP contribution in [0.4, 0.5) is 11.4 Å². The van der Waals surface area contributed by atoms with Crippen molar-refractivity contribution in [2.75, 3.05) is 11.1 Å². The van der Waals surface area contributed by atoms with Crippen LogP contribution in [0.15, 0.2) is 34.7 Å². The third-order valence-corrected chi connectivity index (χ3v) is 2.50. The molecule has 1 amide bonds. The minimum absolute atomic E-state index is 0.115. The molecule has 0 spiro atoms. The molecule has 2 aromatic rings. The summed E-state index contributed by atoms with van der Waals surface area (Å²) >= 11 is 11.3. The Morgan fingerprint density at radius 2 is 2.00 bits per heavy atom. The SMILES string of the molecule is Nc1cc(Cl)ccc1NC(=O)c1ccc(Cl)o1. The van der Waals surface area contributed by atoms with Gasteiger partial charge in [0.05, 0.1) is 11.4 Å². The van der Waals surface area contributed by atoms with Gasteiger partial charge < -0.3 is 15.5 Å². The largest absolute Gasteiger partial charge is 0.440 e. The Kier molecular flexibility index (Phi) is 3.26. The van der Waals surface area contributed by atoms with E-state index >= 15 is 0 Å². The van der Waals surface area contributed by atoms with Gasteiger partial charge in [0, 0.05) is 5.02 Å². The van der Waals surface area contributed by atoms with E-state index < -0.39 is 5.91 Å². The first-order valence-electron chi connectivity index (χ1n) is 4.68. The molecule has 1 aromatic carbocycles. The molecule has 0 aliphatic carbocycles. The van der Waals surface area contributed by atoms with Crippen molar-refractivity contribution in [2.24, 2.45) is 0 Å². The van der Waals surface area contributed by atoms with E-state index in [1.807, 2.05) is 0 Å². The predicted octanol–water partition coefficient (Wildman–Crippen LogP) is 3.42. The molecule has 0 radical (unpaired) electrons. The van der Waals surface area contributed by atoms with Crippen LogP contribution in [0.5, 0.6) is 0 Å². The van der Waals surface area contributed by atoms with Crippen LogP contribution in [0.2, 0.25) is 10.2 Å². The number of anilines is 2. The molecule has 6 heteroatoms. The van der Waals surface area contributed by atoms with Gasteiger partial charge >= 0.3 is 0 Å². The molecule has 2 rings (SSSR count). The summed E-state index contributed by atoms with van der Waals surface area (Å²) in [5.74, 6) is -0.310. The average molecular weight is 271 g/mol. The maximum absolute atomic E-state index is 11.7. The Morgan fingerprint density at radius 3 is 2.59 bits per heavy atom. The third kappa shape index (κ3) is 2.72. The Morgan fingerprint density at radius 1 is 1.24 bits per heavy atom. The number of rotatable bonds is 2. The lowest BCUT2D eigenvalue weighted by Crippen LogP contribution is -2.12. The summed E-state index contributed by atoms with van der Waals surface area (Å²) in [5, 5.41) is 3.25. The second-order valence-corrected chi connectivity index (χ2v) is 4.10. The molecule has 4 nitrogen and oxygen atoms in total. The number of halogens is 2. The summed E-state index contributed by atoms with van der Waals surface area (Å²) in [6.07, 6.45) is 0. The summed E-state index contributed by atoms with van der Waals surface area (Å²) in [4.78, 5) is 11.7. The highest BCUT2D eigenvalue weighted by Crippen LogP contribution is 2.23. The van der Waals surface area contributed by atoms with Gasteiger partial charge in [-0.2, -0.15) is 0 Å². The molecule has 0 saturated heterocycles. The highest BCUT2D eigenvalue weighted by molar-refractivity contribution is 6.31. The Bertz CT molecular complexity index is 566. The third-order valence-electron chi connectivity index (χ3n) is 2.06. The number of nitrogen functional groups attached to an aromatic ring is 1. The molecule has 0 aliphatic rings. The van der Waals surface area contributed by atoms with Gasteiger partial charge in [-0.05, 0) is 41.9 Å². The molecule has 0 atom stereocenters. The highest BCUT2D eigenvalue weighted by Gasteiger charge is 2.12. The number of nitrogens with two attached hydrogens (primary N) is 1. The summed E-state index contributed by atoms with van der Waals surface area (Å²) in [5.41, 5.74) is 6.54. The number of carbonyl (C=O) groups excluding carboxylic acids is 1. The molecule has 0 aliphatic heterocycles. The molecule has 0 fully saturated rings. The Hall–Kier alpha value is -1.65. The number of hydrogen-bond acceptors (Lipinski definition) is 3. The minimum Gasteiger partial charge on any atom is -0.440 e. The standard InChI is InChI=1S/C11H8Cl2N2O2/c12-6-1-2-8(7(14)5-6)15-11(16)9-3-4-10(13)17-9/h1-5H,14H2,(H,15,16). The second-order valence-electron chi connectivity index (χ2n) is 3.29. The lowest BCUT2D eigenvalue weighted by atomic mass is 10.2. The van der Waals surface area contributed by atoms with Crippen molar-refractivity contribution in [1.82, 2.24) is 0 Å². The molecule has 1 heterocycles. The van der Waals surface area contributed by atoms with E-state index in [4.69, 9.17) is 33.4 Å². The minimum atomic E-state index is -0.425. The van der Waals surface area contributed by atoms with Crippen molar-refractivity contribution in [1.29, 1.82) is 0 Å². The Labute approximate surface area is 107 Å². The van der Waals surface area contributed by atoms with Crippen LogP contribution in [0.1, 0.15) is 10.6 Å². The predicted molar refractivity (Wildman–Crippen MR) is 67.5 cm³/mol. The van der Waals surface area contributed by atoms with Gasteiger partial charge in [0.2, 0.25) is 0 Å². The quantitative estimate of drug-likeness (QED) is 0.822. The average Bonchev–Trinajstić information content (AvgIpc) is 2.69. The van der Waals surface area contributed by atoms with Gasteiger partial charge in [-0.3, -0.25) is 4.79 Å². The summed E-state index contributed by atoms with van der Waals surface area (Å²) in [7, 11) is 0. The Balaban J connectivity index is 2.18. The topological polar surface area (TPSA) is 68.3 Å². The van der Waals surface area contributed by atoms with Crippen LogP contribution < -0.4 is 11.1 Å². The fourth-order valence-corrected chi connectivity index (χ4v) is 1.59. The fraction of sp³-hybridized carbons (Fsp3) is 0. The molecular formula is C11H8Cl2N2O2. The maximum Gasteiger partial charge on any atom is 0.291 e. The van der Waals surface area contributed by atoms with Crippen molar-refractivity contribution in [3.05, 3.63) is 46.3 Å². The van der Waals surface area contributed by atoms with Gasteiger partial charge in [0.15, 0.2) is 11.0 Å². The van der Waals surface area contributed by atoms with Crippen LogP contribution in [-0.4, -0.2) is 5.91 Å². The van der Waals surface area contributed by atoms with Gasteiger partial charge in [0.1, 0.15) is 0 Å². The second kappa shape index (κ2) is 4.69. The smallest absolute Gasteiger partial charge is 0.291 e. The summed E-state index contributed by atoms with van der Waals surface area (Å²) < 4.78 is 4.97. The summed E-state index contributed by atoms with van der Waals surface area (Å²) in [6.45, 7) is 0. The zero-order valence-electron chi connectivity index (χ0n) is 8.54. The van der Waals surface area contributed by atoms with E-state index in [1.54, 1.807) is 18.2 Å². The van der Waals surface area contributed by atoms with Crippen molar-refractivity contribution in [3.8, 4) is 0 Å². The van der Waals surface area contributed by atoms with E-state index in [-0.39, 0.29) is 11.0 Å². The first-order valence-corrected chi connectivity index (χ1v) is 5.43. The fourth-order valence-electron chi connectivity index (χ4n) is 1.27. The molecule has 1 aromatic heterocycles. The summed E-state index contributed by atoms with van der Waals surface area (Å²) in [6, 6.07) is 7.75. The lowest BCUT2D eigenvalue weighted by Gasteiger charge is -2.06. The lowest BCUT2D eigenvalue weighted by molar-refractivity contribution is 0.0997. The van der Waals surface area contributed by atoms with E-state index in [9.17, 15) is 4.79 Å². The molecule has 17 heavy (non-hydrogen) atoms. The number of carbonyl (C=O) groups is 1. The van der Waals surface area contributed by atoms with Crippen LogP contribution in [0.3, 0.4) is 0 Å². The molecule has 0 unspecified atom stereocenters. The van der Waals surface area contributed by atoms with Crippen molar-refractivity contribution < 1.29 is 9.21 Å². The van der Waals surface area contributed by atoms with E-state index in [0.29, 0.717) is 16.4 Å². The number of benzene rings is 1. The van der Waals surface area contributed by atoms with Crippen LogP contribution in [0.25, 0.3) is 0 Å². The number of amides is 1. The monoisotopic (exact) mass is 270 g/mol. The molecule has 0 saturated carbocycles. The maximum atomic E-state index is 11.7. The van der Waals surface area contributed by atoms with Crippen molar-refractivity contribution in [2.45, 2.75) is 0 Å². The molecule has 3 N–H and O–H groups in total. The highest BCUT2D eigenvalue weighted by atomic mass is 35.5. The van der Waals surface area contributed by atoms with Crippen LogP contribution >= 0.6 is 23.2 Å². The van der Waals surface area contributed by atoms with E-state index in [1.165, 1.54) is 12.1 Å². The van der Waals surface area contributed by atoms with Crippen molar-refractivity contribution >= 4 is 40.5 Å². The van der Waals surface area contributed by atoms with Gasteiger partial charge in [-0.1, -0.05) is 11.6 Å². The van der Waals surface area contributed by atoms with Gasteiger partial charge in [-0.25, -0.2) is 0 Å². The molecular weight excluding hydrogens is 263 g/mol. The van der Waals surface area contributed by atoms with Gasteiger partial charge in [0.25, 0.3) is 5.91 Å². The number of hydrogen-bond donors (Lipinski definition) is 2. The first kappa shape index (κ1) is 11.8. The van der Waals surface area contributed by atoms with Gasteiger partial charge in [-0.15, -0.1) is 0 Å². The normalized spacial score (nSPS) is 10.2. The van der Waals surface area contributed by atoms with Crippen molar-refractivity contribution in [3.63, 3.8) is 0 Å². The zero-order valence-corrected chi connectivity index (χ0v) is 10.0. The first-order chi connectivity index (χ1) is 8.06. The van der Waals surface area contributed by atoms with Crippen LogP contribution in [0, 0.1) is 0 Å². The molecule has 88 valence electrons. The molecule has 0 bridgehead atoms. The van der Waals surface area contributed by atoms with Crippen LogP contribution in [-0.2, 0) is 0 Å². The number of nitrogens with one attached hydrogen (secondary N) is 1. The van der Waals surface area contributed by atoms with E-state index in [2.05, 4.69) is 5.32 Å². The zero-order chi connectivity index (χ0) is 12.4.